The van der Waals surface area contributed by atoms with Crippen molar-refractivity contribution in [3.8, 4) is 28.4 Å². The molecule has 9 nitrogen and oxygen atoms in total. The van der Waals surface area contributed by atoms with Gasteiger partial charge in [-0.2, -0.15) is 5.10 Å². The number of carbonyl (C=O) groups is 1. The number of aromatic hydroxyl groups is 1. The molecule has 1 amide bonds. The fourth-order valence-electron chi connectivity index (χ4n) is 5.03. The van der Waals surface area contributed by atoms with E-state index >= 15 is 4.39 Å². The van der Waals surface area contributed by atoms with E-state index in [1.807, 2.05) is 6.92 Å². The summed E-state index contributed by atoms with van der Waals surface area (Å²) in [6.07, 6.45) is 2.61. The molecule has 2 aromatic heterocycles. The topological polar surface area (TPSA) is 119 Å². The number of hydrogen-bond donors (Lipinski definition) is 4. The first-order valence-electron chi connectivity index (χ1n) is 12.5. The van der Waals surface area contributed by atoms with Crippen LogP contribution in [0.1, 0.15) is 23.9 Å². The predicted molar refractivity (Wildman–Crippen MR) is 136 cm³/mol. The number of phenols is 1. The molecule has 196 valence electrons. The van der Waals surface area contributed by atoms with Crippen molar-refractivity contribution < 1.29 is 23.4 Å². The number of rotatable bonds is 4. The van der Waals surface area contributed by atoms with E-state index in [1.54, 1.807) is 11.0 Å². The van der Waals surface area contributed by atoms with Crippen molar-refractivity contribution in [1.29, 1.82) is 0 Å². The summed E-state index contributed by atoms with van der Waals surface area (Å²) < 4.78 is 35.1. The van der Waals surface area contributed by atoms with Crippen LogP contribution in [0.2, 0.25) is 0 Å². The number of H-pyrrole nitrogens is 2. The van der Waals surface area contributed by atoms with Gasteiger partial charge in [0.05, 0.1) is 35.4 Å². The highest BCUT2D eigenvalue weighted by Crippen LogP contribution is 2.35. The highest BCUT2D eigenvalue weighted by atomic mass is 19.1. The Kier molecular flexibility index (Phi) is 6.07. The van der Waals surface area contributed by atoms with Crippen molar-refractivity contribution in [1.82, 2.24) is 30.4 Å². The fraction of sp³-hybridized carbons (Fsp3) is 0.296. The van der Waals surface area contributed by atoms with Crippen LogP contribution in [0.25, 0.3) is 33.5 Å². The third-order valence-corrected chi connectivity index (χ3v) is 7.00. The second kappa shape index (κ2) is 9.56. The van der Waals surface area contributed by atoms with Crippen LogP contribution in [-0.4, -0.2) is 62.3 Å². The Bertz CT molecular complexity index is 1580. The van der Waals surface area contributed by atoms with Gasteiger partial charge in [0.1, 0.15) is 23.9 Å². The third-order valence-electron chi connectivity index (χ3n) is 7.00. The van der Waals surface area contributed by atoms with Crippen LogP contribution in [0.4, 0.5) is 8.78 Å². The van der Waals surface area contributed by atoms with Crippen molar-refractivity contribution in [2.24, 2.45) is 0 Å². The summed E-state index contributed by atoms with van der Waals surface area (Å²) in [7, 11) is 0. The molecular weight excluding hydrogens is 494 g/mol. The second-order valence-electron chi connectivity index (χ2n) is 9.42. The largest absolute Gasteiger partial charge is 0.505 e. The minimum Gasteiger partial charge on any atom is -0.505 e. The molecule has 0 bridgehead atoms. The van der Waals surface area contributed by atoms with Crippen molar-refractivity contribution in [3.05, 3.63) is 64.7 Å². The van der Waals surface area contributed by atoms with Crippen LogP contribution >= 0.6 is 0 Å². The molecule has 1 saturated heterocycles. The van der Waals surface area contributed by atoms with Gasteiger partial charge in [0.15, 0.2) is 17.4 Å². The maximum Gasteiger partial charge on any atom is 0.250 e. The van der Waals surface area contributed by atoms with Gasteiger partial charge in [0.25, 0.3) is 0 Å². The maximum atomic E-state index is 15.5. The molecule has 4 N–H and O–H groups in total. The van der Waals surface area contributed by atoms with Crippen molar-refractivity contribution in [3.63, 3.8) is 0 Å². The van der Waals surface area contributed by atoms with Crippen LogP contribution in [-0.2, 0) is 28.9 Å². The van der Waals surface area contributed by atoms with Crippen molar-refractivity contribution in [2.75, 3.05) is 26.2 Å². The summed E-state index contributed by atoms with van der Waals surface area (Å²) in [5.41, 5.74) is 4.02. The molecule has 4 aromatic rings. The normalized spacial score (nSPS) is 16.6. The smallest absolute Gasteiger partial charge is 0.250 e. The van der Waals surface area contributed by atoms with Crippen LogP contribution in [0.5, 0.6) is 5.75 Å². The highest BCUT2D eigenvalue weighted by Gasteiger charge is 2.26. The second-order valence-corrected chi connectivity index (χ2v) is 9.42. The SMILES string of the molecule is CCc1cc(O)c(F)cc1-c1cc(F)c2c(-c3nc4c([nH]3)CN(C(=O)C=C3CNCCO3)CC4)n[nH]c2c1. The quantitative estimate of drug-likeness (QED) is 0.306. The molecule has 0 unspecified atom stereocenters. The summed E-state index contributed by atoms with van der Waals surface area (Å²) in [4.78, 5) is 22.4. The molecule has 0 aliphatic carbocycles. The van der Waals surface area contributed by atoms with Gasteiger partial charge in [0.2, 0.25) is 5.91 Å². The van der Waals surface area contributed by atoms with Gasteiger partial charge in [-0.15, -0.1) is 0 Å². The first-order chi connectivity index (χ1) is 18.4. The van der Waals surface area contributed by atoms with E-state index in [2.05, 4.69) is 25.5 Å². The first-order valence-corrected chi connectivity index (χ1v) is 12.5. The molecular formula is C27H26F2N6O3. The lowest BCUT2D eigenvalue weighted by molar-refractivity contribution is -0.127. The van der Waals surface area contributed by atoms with E-state index in [1.165, 1.54) is 24.3 Å². The Morgan fingerprint density at radius 1 is 1.24 bits per heavy atom. The van der Waals surface area contributed by atoms with Gasteiger partial charge in [0, 0.05) is 25.6 Å². The lowest BCUT2D eigenvalue weighted by atomic mass is 9.96. The average molecular weight is 521 g/mol. The molecule has 0 radical (unpaired) electrons. The molecule has 4 heterocycles. The number of phenolic OH excluding ortho intramolecular Hbond substituents is 1. The van der Waals surface area contributed by atoms with Gasteiger partial charge < -0.3 is 25.0 Å². The van der Waals surface area contributed by atoms with Gasteiger partial charge >= 0.3 is 0 Å². The van der Waals surface area contributed by atoms with Crippen LogP contribution in [0, 0.1) is 11.6 Å². The number of aromatic nitrogens is 4. The molecule has 1 fully saturated rings. The summed E-state index contributed by atoms with van der Waals surface area (Å²) in [6, 6.07) is 5.62. The number of hydrogen-bond acceptors (Lipinski definition) is 6. The van der Waals surface area contributed by atoms with E-state index in [4.69, 9.17) is 4.74 Å². The van der Waals surface area contributed by atoms with E-state index in [0.717, 1.165) is 17.9 Å². The average Bonchev–Trinajstić information content (AvgIpc) is 3.54. The Balaban J connectivity index is 1.30. The summed E-state index contributed by atoms with van der Waals surface area (Å²) in [6.45, 7) is 4.56. The molecule has 2 aliphatic heterocycles. The third kappa shape index (κ3) is 4.28. The van der Waals surface area contributed by atoms with Gasteiger partial charge in [-0.3, -0.25) is 9.89 Å². The van der Waals surface area contributed by atoms with E-state index < -0.39 is 17.4 Å². The summed E-state index contributed by atoms with van der Waals surface area (Å²) in [5, 5.41) is 20.4. The number of aromatic amines is 2. The van der Waals surface area contributed by atoms with E-state index in [0.29, 0.717) is 78.6 Å². The molecule has 2 aromatic carbocycles. The van der Waals surface area contributed by atoms with Crippen LogP contribution in [0.15, 0.2) is 36.1 Å². The number of nitrogens with zero attached hydrogens (tertiary/aromatic N) is 3. The fourth-order valence-corrected chi connectivity index (χ4v) is 5.03. The van der Waals surface area contributed by atoms with Crippen LogP contribution < -0.4 is 5.32 Å². The number of fused-ring (bicyclic) bond motifs is 2. The molecule has 0 spiro atoms. The number of imidazole rings is 1. The zero-order valence-corrected chi connectivity index (χ0v) is 20.7. The zero-order chi connectivity index (χ0) is 26.4. The maximum absolute atomic E-state index is 15.5. The van der Waals surface area contributed by atoms with E-state index in [9.17, 15) is 14.3 Å². The molecule has 0 atom stereocenters. The van der Waals surface area contributed by atoms with Crippen LogP contribution in [0.3, 0.4) is 0 Å². The number of carbonyl (C=O) groups excluding carboxylic acids is 1. The van der Waals surface area contributed by atoms with Gasteiger partial charge in [-0.1, -0.05) is 6.92 Å². The number of benzene rings is 2. The molecule has 11 heteroatoms. The standard InChI is InChI=1S/C27H26F2N6O3/c1-2-14-9-23(36)18(28)11-17(14)15-7-19(29)25-21(8-15)33-34-26(25)27-31-20-3-5-35(13-22(20)32-27)24(37)10-16-12-30-4-6-38-16/h7-11,30,36H,2-6,12-13H2,1H3,(H,31,32)(H,33,34). The zero-order valence-electron chi connectivity index (χ0n) is 20.7. The van der Waals surface area contributed by atoms with Crippen molar-refractivity contribution >= 4 is 16.8 Å². The van der Waals surface area contributed by atoms with Gasteiger partial charge in [-0.05, 0) is 47.4 Å². The van der Waals surface area contributed by atoms with E-state index in [-0.39, 0.29) is 11.3 Å². The molecule has 6 rings (SSSR count). The predicted octanol–water partition coefficient (Wildman–Crippen LogP) is 3.55. The number of amides is 1. The summed E-state index contributed by atoms with van der Waals surface area (Å²) in [5.74, 6) is -0.839. The first kappa shape index (κ1) is 24.1. The Morgan fingerprint density at radius 3 is 2.89 bits per heavy atom. The Morgan fingerprint density at radius 2 is 2.11 bits per heavy atom. The Labute approximate surface area is 216 Å². The summed E-state index contributed by atoms with van der Waals surface area (Å²) >= 11 is 0. The molecule has 0 saturated carbocycles. The molecule has 2 aliphatic rings. The van der Waals surface area contributed by atoms with Crippen molar-refractivity contribution in [2.45, 2.75) is 26.3 Å². The minimum absolute atomic E-state index is 0.133. The Hall–Kier alpha value is -4.25. The number of nitrogens with one attached hydrogen (secondary N) is 3. The van der Waals surface area contributed by atoms with Gasteiger partial charge in [-0.25, -0.2) is 13.8 Å². The lowest BCUT2D eigenvalue weighted by Crippen LogP contribution is -2.36. The highest BCUT2D eigenvalue weighted by molar-refractivity contribution is 5.95. The number of morpholine rings is 1. The monoisotopic (exact) mass is 520 g/mol. The number of ether oxygens (including phenoxy) is 1. The lowest BCUT2D eigenvalue weighted by Gasteiger charge is -2.26. The number of halogens is 2. The minimum atomic E-state index is -0.768. The number of aryl methyl sites for hydroxylation is 1. The molecule has 38 heavy (non-hydrogen) atoms.